The molecule has 0 fully saturated rings. The van der Waals surface area contributed by atoms with Crippen molar-refractivity contribution in [3.8, 4) is 0 Å². The molecule has 2 amide bonds. The lowest BCUT2D eigenvalue weighted by molar-refractivity contribution is -0.136. The first-order valence-electron chi connectivity index (χ1n) is 6.44. The highest BCUT2D eigenvalue weighted by Crippen LogP contribution is 2.07. The van der Waals surface area contributed by atoms with Gasteiger partial charge in [-0.25, -0.2) is 4.79 Å². The van der Waals surface area contributed by atoms with Crippen molar-refractivity contribution in [1.29, 1.82) is 0 Å². The molecule has 0 saturated carbocycles. The van der Waals surface area contributed by atoms with Crippen molar-refractivity contribution in [3.63, 3.8) is 0 Å². The van der Waals surface area contributed by atoms with Crippen molar-refractivity contribution in [3.05, 3.63) is 35.4 Å². The molecule has 0 bridgehead atoms. The lowest BCUT2D eigenvalue weighted by Crippen LogP contribution is -2.41. The summed E-state index contributed by atoms with van der Waals surface area (Å²) in [6.07, 6.45) is -0.122. The van der Waals surface area contributed by atoms with Gasteiger partial charge >= 0.3 is 12.0 Å². The van der Waals surface area contributed by atoms with Crippen molar-refractivity contribution < 1.29 is 19.8 Å². The molecule has 3 N–H and O–H groups in total. The van der Waals surface area contributed by atoms with E-state index in [4.69, 9.17) is 10.2 Å². The number of aliphatic hydroxyl groups is 1. The van der Waals surface area contributed by atoms with Gasteiger partial charge in [-0.15, -0.1) is 0 Å². The number of benzene rings is 1. The summed E-state index contributed by atoms with van der Waals surface area (Å²) in [4.78, 5) is 23.7. The lowest BCUT2D eigenvalue weighted by Gasteiger charge is -2.22. The van der Waals surface area contributed by atoms with Crippen LogP contribution >= 0.6 is 0 Å². The van der Waals surface area contributed by atoms with Gasteiger partial charge in [0.25, 0.3) is 0 Å². The zero-order valence-corrected chi connectivity index (χ0v) is 11.5. The molecule has 6 heteroatoms. The van der Waals surface area contributed by atoms with Crippen molar-refractivity contribution in [2.45, 2.75) is 19.9 Å². The van der Waals surface area contributed by atoms with E-state index >= 15 is 0 Å². The van der Waals surface area contributed by atoms with Crippen LogP contribution in [-0.2, 0) is 11.3 Å². The van der Waals surface area contributed by atoms with Gasteiger partial charge in [0.15, 0.2) is 0 Å². The summed E-state index contributed by atoms with van der Waals surface area (Å²) in [5, 5.41) is 20.1. The average molecular weight is 280 g/mol. The van der Waals surface area contributed by atoms with Gasteiger partial charge in [0.05, 0.1) is 13.0 Å². The molecular formula is C14H20N2O4. The summed E-state index contributed by atoms with van der Waals surface area (Å²) in [5.74, 6) is -0.961. The maximum Gasteiger partial charge on any atom is 0.317 e. The molecule has 20 heavy (non-hydrogen) atoms. The lowest BCUT2D eigenvalue weighted by atomic mass is 10.1. The molecular weight excluding hydrogens is 260 g/mol. The van der Waals surface area contributed by atoms with Crippen LogP contribution in [0.5, 0.6) is 0 Å². The molecule has 0 atom stereocenters. The zero-order chi connectivity index (χ0) is 15.0. The molecule has 1 rings (SSSR count). The third-order valence-electron chi connectivity index (χ3n) is 2.77. The fraction of sp³-hybridized carbons (Fsp3) is 0.429. The van der Waals surface area contributed by atoms with Gasteiger partial charge < -0.3 is 20.4 Å². The van der Waals surface area contributed by atoms with Gasteiger partial charge in [-0.05, 0) is 12.5 Å². The Kier molecular flexibility index (Phi) is 6.52. The number of urea groups is 1. The van der Waals surface area contributed by atoms with Crippen molar-refractivity contribution in [1.82, 2.24) is 10.2 Å². The van der Waals surface area contributed by atoms with Crippen LogP contribution in [0.3, 0.4) is 0 Å². The predicted octanol–water partition coefficient (Wildman–Crippen LogP) is 0.974. The highest BCUT2D eigenvalue weighted by atomic mass is 16.4. The Morgan fingerprint density at radius 3 is 2.45 bits per heavy atom. The van der Waals surface area contributed by atoms with Gasteiger partial charge in [-0.1, -0.05) is 29.8 Å². The molecule has 110 valence electrons. The number of amides is 2. The predicted molar refractivity (Wildman–Crippen MR) is 74.3 cm³/mol. The van der Waals surface area contributed by atoms with Crippen LogP contribution in [0, 0.1) is 6.92 Å². The van der Waals surface area contributed by atoms with Crippen LogP contribution in [0.2, 0.25) is 0 Å². The summed E-state index contributed by atoms with van der Waals surface area (Å²) in [6, 6.07) is 7.37. The normalized spacial score (nSPS) is 10.1. The number of carboxylic acid groups (broad SMARTS) is 1. The van der Waals surface area contributed by atoms with Crippen molar-refractivity contribution >= 4 is 12.0 Å². The van der Waals surface area contributed by atoms with Crippen LogP contribution in [-0.4, -0.2) is 46.8 Å². The fourth-order valence-corrected chi connectivity index (χ4v) is 1.68. The largest absolute Gasteiger partial charge is 0.481 e. The number of hydrogen-bond donors (Lipinski definition) is 3. The summed E-state index contributed by atoms with van der Waals surface area (Å²) in [5.41, 5.74) is 2.09. The number of carbonyl (C=O) groups is 2. The number of rotatable bonds is 7. The van der Waals surface area contributed by atoms with E-state index < -0.39 is 5.97 Å². The van der Waals surface area contributed by atoms with E-state index in [2.05, 4.69) is 5.32 Å². The molecule has 6 nitrogen and oxygen atoms in total. The molecule has 0 aliphatic heterocycles. The van der Waals surface area contributed by atoms with E-state index in [0.29, 0.717) is 6.54 Å². The first kappa shape index (κ1) is 16.0. The Hall–Kier alpha value is -2.08. The summed E-state index contributed by atoms with van der Waals surface area (Å²) >= 11 is 0. The molecule has 0 saturated heterocycles. The van der Waals surface area contributed by atoms with Gasteiger partial charge in [0.2, 0.25) is 0 Å². The molecule has 0 radical (unpaired) electrons. The minimum absolute atomic E-state index is 0.0734. The number of hydrogen-bond acceptors (Lipinski definition) is 3. The number of aliphatic hydroxyl groups excluding tert-OH is 1. The van der Waals surface area contributed by atoms with Crippen LogP contribution < -0.4 is 5.32 Å². The first-order valence-corrected chi connectivity index (χ1v) is 6.44. The molecule has 0 unspecified atom stereocenters. The number of carbonyl (C=O) groups excluding carboxylic acids is 1. The number of nitrogens with one attached hydrogen (secondary N) is 1. The molecule has 0 aliphatic rings. The Balaban J connectivity index is 2.56. The van der Waals surface area contributed by atoms with Crippen LogP contribution in [0.4, 0.5) is 4.79 Å². The Bertz CT molecular complexity index is 445. The Morgan fingerprint density at radius 1 is 1.25 bits per heavy atom. The highest BCUT2D eigenvalue weighted by molar-refractivity contribution is 5.75. The fourth-order valence-electron chi connectivity index (χ4n) is 1.68. The van der Waals surface area contributed by atoms with Gasteiger partial charge in [0.1, 0.15) is 0 Å². The van der Waals surface area contributed by atoms with E-state index in [1.165, 1.54) is 4.90 Å². The van der Waals surface area contributed by atoms with E-state index in [0.717, 1.165) is 11.1 Å². The Morgan fingerprint density at radius 2 is 1.90 bits per heavy atom. The highest BCUT2D eigenvalue weighted by Gasteiger charge is 2.13. The molecule has 0 aliphatic carbocycles. The second-order valence-corrected chi connectivity index (χ2v) is 4.51. The maximum atomic E-state index is 11.9. The van der Waals surface area contributed by atoms with E-state index in [9.17, 15) is 9.59 Å². The summed E-state index contributed by atoms with van der Waals surface area (Å²) < 4.78 is 0. The zero-order valence-electron chi connectivity index (χ0n) is 11.5. The molecule has 1 aromatic rings. The van der Waals surface area contributed by atoms with E-state index in [1.54, 1.807) is 0 Å². The molecule has 0 aromatic heterocycles. The second-order valence-electron chi connectivity index (χ2n) is 4.51. The summed E-state index contributed by atoms with van der Waals surface area (Å²) in [7, 11) is 0. The number of aryl methyl sites for hydroxylation is 1. The minimum Gasteiger partial charge on any atom is -0.481 e. The third kappa shape index (κ3) is 5.71. The monoisotopic (exact) mass is 280 g/mol. The smallest absolute Gasteiger partial charge is 0.317 e. The minimum atomic E-state index is -0.961. The van der Waals surface area contributed by atoms with Gasteiger partial charge in [-0.2, -0.15) is 0 Å². The van der Waals surface area contributed by atoms with E-state index in [1.807, 2.05) is 31.2 Å². The second kappa shape index (κ2) is 8.16. The number of carboxylic acids is 1. The van der Waals surface area contributed by atoms with Crippen LogP contribution in [0.25, 0.3) is 0 Å². The molecule has 1 aromatic carbocycles. The van der Waals surface area contributed by atoms with Crippen LogP contribution in [0.1, 0.15) is 17.5 Å². The topological polar surface area (TPSA) is 89.9 Å². The Labute approximate surface area is 118 Å². The molecule has 0 spiro atoms. The van der Waals surface area contributed by atoms with Crippen molar-refractivity contribution in [2.75, 3.05) is 19.7 Å². The number of aliphatic carboxylic acids is 1. The number of nitrogens with zero attached hydrogens (tertiary/aromatic N) is 1. The van der Waals surface area contributed by atoms with E-state index in [-0.39, 0.29) is 32.1 Å². The van der Waals surface area contributed by atoms with Gasteiger partial charge in [-0.3, -0.25) is 4.79 Å². The standard InChI is InChI=1S/C14H20N2O4/c1-11-2-4-12(5-3-11)10-16(8-9-17)14(20)15-7-6-13(18)19/h2-5,17H,6-10H2,1H3,(H,15,20)(H,18,19). The average Bonchev–Trinajstić information content (AvgIpc) is 2.40. The maximum absolute atomic E-state index is 11.9. The first-order chi connectivity index (χ1) is 9.52. The summed E-state index contributed by atoms with van der Waals surface area (Å²) in [6.45, 7) is 2.49. The van der Waals surface area contributed by atoms with Crippen molar-refractivity contribution in [2.24, 2.45) is 0 Å². The quantitative estimate of drug-likeness (QED) is 0.694. The third-order valence-corrected chi connectivity index (χ3v) is 2.77. The molecule has 0 heterocycles. The van der Waals surface area contributed by atoms with Gasteiger partial charge in [0, 0.05) is 19.6 Å². The SMILES string of the molecule is Cc1ccc(CN(CCO)C(=O)NCCC(=O)O)cc1. The van der Waals surface area contributed by atoms with Crippen LogP contribution in [0.15, 0.2) is 24.3 Å².